The molecule has 20 heavy (non-hydrogen) atoms. The van der Waals surface area contributed by atoms with E-state index in [0.717, 1.165) is 31.3 Å². The molecule has 1 aliphatic rings. The minimum absolute atomic E-state index is 0.189. The molecule has 0 saturated carbocycles. The molecule has 1 aromatic heterocycles. The van der Waals surface area contributed by atoms with Gasteiger partial charge in [0.15, 0.2) is 0 Å². The minimum Gasteiger partial charge on any atom is -0.387 e. The van der Waals surface area contributed by atoms with E-state index < -0.39 is 6.61 Å². The molecule has 1 N–H and O–H groups in total. The molecule has 0 bridgehead atoms. The van der Waals surface area contributed by atoms with Crippen molar-refractivity contribution >= 4 is 5.91 Å². The molecule has 0 unspecified atom stereocenters. The van der Waals surface area contributed by atoms with E-state index in [-0.39, 0.29) is 5.91 Å². The maximum Gasteiger partial charge on any atom is 0.248 e. The van der Waals surface area contributed by atoms with Crippen molar-refractivity contribution in [3.05, 3.63) is 11.6 Å². The number of carbonyl (C=O) groups is 1. The summed E-state index contributed by atoms with van der Waals surface area (Å²) < 4.78 is 2.05. The highest BCUT2D eigenvalue weighted by molar-refractivity contribution is 5.77. The molecule has 7 heteroatoms. The van der Waals surface area contributed by atoms with E-state index >= 15 is 0 Å². The number of amides is 1. The van der Waals surface area contributed by atoms with Gasteiger partial charge in [-0.25, -0.2) is 0 Å². The molecular weight excluding hydrogens is 258 g/mol. The molecule has 1 saturated heterocycles. The number of piperazine rings is 1. The number of aromatic nitrogens is 3. The van der Waals surface area contributed by atoms with Crippen LogP contribution in [-0.4, -0.2) is 68.4 Å². The Hall–Kier alpha value is -1.47. The molecule has 0 aliphatic carbocycles. The molecule has 1 fully saturated rings. The van der Waals surface area contributed by atoms with Crippen molar-refractivity contribution in [1.29, 1.82) is 0 Å². The zero-order valence-corrected chi connectivity index (χ0v) is 12.4. The zero-order valence-electron chi connectivity index (χ0n) is 12.4. The highest BCUT2D eigenvalue weighted by Gasteiger charge is 2.22. The summed E-state index contributed by atoms with van der Waals surface area (Å²) in [5.74, 6) is 2.12. The van der Waals surface area contributed by atoms with Crippen LogP contribution in [0.4, 0.5) is 0 Å². The minimum atomic E-state index is -0.402. The van der Waals surface area contributed by atoms with Crippen LogP contribution in [0, 0.1) is 0 Å². The summed E-state index contributed by atoms with van der Waals surface area (Å²) in [6.07, 6.45) is 0. The molecule has 1 amide bonds. The van der Waals surface area contributed by atoms with E-state index in [0.29, 0.717) is 19.0 Å². The predicted octanol–water partition coefficient (Wildman–Crippen LogP) is -0.425. The second-order valence-electron chi connectivity index (χ2n) is 5.50. The highest BCUT2D eigenvalue weighted by atomic mass is 16.3. The molecule has 1 aromatic rings. The third-order valence-electron chi connectivity index (χ3n) is 3.74. The number of nitrogens with zero attached hydrogens (tertiary/aromatic N) is 5. The first-order valence-electron chi connectivity index (χ1n) is 7.02. The van der Waals surface area contributed by atoms with Crippen LogP contribution < -0.4 is 0 Å². The Morgan fingerprint density at radius 1 is 1.25 bits per heavy atom. The number of aliphatic hydroxyl groups excluding tert-OH is 1. The van der Waals surface area contributed by atoms with Crippen LogP contribution >= 0.6 is 0 Å². The van der Waals surface area contributed by atoms with E-state index in [4.69, 9.17) is 5.11 Å². The molecule has 0 aromatic carbocycles. The summed E-state index contributed by atoms with van der Waals surface area (Å²) >= 11 is 0. The molecule has 2 rings (SSSR count). The summed E-state index contributed by atoms with van der Waals surface area (Å²) in [5, 5.41) is 17.3. The topological polar surface area (TPSA) is 74.5 Å². The van der Waals surface area contributed by atoms with Crippen LogP contribution in [0.2, 0.25) is 0 Å². The zero-order chi connectivity index (χ0) is 14.7. The molecule has 112 valence electrons. The van der Waals surface area contributed by atoms with Crippen molar-refractivity contribution in [2.75, 3.05) is 32.8 Å². The van der Waals surface area contributed by atoms with Gasteiger partial charge in [0.2, 0.25) is 5.91 Å². The Kier molecular flexibility index (Phi) is 4.72. The van der Waals surface area contributed by atoms with Gasteiger partial charge in [-0.15, -0.1) is 10.2 Å². The standard InChI is InChI=1S/C13H23N5O2/c1-10(2)13-15-14-11(16(13)3)8-17-4-6-18(7-5-17)12(20)9-19/h10,19H,4-9H2,1-3H3. The largest absolute Gasteiger partial charge is 0.387 e. The number of hydrogen-bond acceptors (Lipinski definition) is 5. The van der Waals surface area contributed by atoms with Crippen LogP contribution in [0.15, 0.2) is 0 Å². The normalized spacial score (nSPS) is 16.9. The lowest BCUT2D eigenvalue weighted by molar-refractivity contribution is -0.136. The molecule has 1 aliphatic heterocycles. The van der Waals surface area contributed by atoms with Crippen LogP contribution in [0.25, 0.3) is 0 Å². The summed E-state index contributed by atoms with van der Waals surface area (Å²) in [4.78, 5) is 15.4. The number of carbonyl (C=O) groups excluding carboxylic acids is 1. The molecule has 2 heterocycles. The predicted molar refractivity (Wildman–Crippen MR) is 74.0 cm³/mol. The highest BCUT2D eigenvalue weighted by Crippen LogP contribution is 2.13. The molecule has 0 atom stereocenters. The maximum atomic E-state index is 11.4. The van der Waals surface area contributed by atoms with Crippen LogP contribution in [0.5, 0.6) is 0 Å². The molecule has 0 radical (unpaired) electrons. The van der Waals surface area contributed by atoms with Crippen molar-refractivity contribution in [2.24, 2.45) is 7.05 Å². The SMILES string of the molecule is CC(C)c1nnc(CN2CCN(C(=O)CO)CC2)n1C. The fourth-order valence-electron chi connectivity index (χ4n) is 2.47. The van der Waals surface area contributed by atoms with Crippen molar-refractivity contribution in [3.8, 4) is 0 Å². The van der Waals surface area contributed by atoms with Gasteiger partial charge in [0, 0.05) is 39.1 Å². The third-order valence-corrected chi connectivity index (χ3v) is 3.74. The first kappa shape index (κ1) is 14.9. The van der Waals surface area contributed by atoms with Gasteiger partial charge in [0.05, 0.1) is 6.54 Å². The number of rotatable bonds is 4. The second kappa shape index (κ2) is 6.32. The Bertz CT molecular complexity index is 463. The van der Waals surface area contributed by atoms with Gasteiger partial charge >= 0.3 is 0 Å². The Morgan fingerprint density at radius 3 is 2.40 bits per heavy atom. The van der Waals surface area contributed by atoms with Gasteiger partial charge in [0.25, 0.3) is 0 Å². The molecular formula is C13H23N5O2. The van der Waals surface area contributed by atoms with E-state index in [1.165, 1.54) is 0 Å². The lowest BCUT2D eigenvalue weighted by atomic mass is 10.2. The first-order chi connectivity index (χ1) is 9.52. The maximum absolute atomic E-state index is 11.4. The van der Waals surface area contributed by atoms with Crippen LogP contribution in [0.1, 0.15) is 31.4 Å². The van der Waals surface area contributed by atoms with Crippen molar-refractivity contribution in [1.82, 2.24) is 24.6 Å². The lowest BCUT2D eigenvalue weighted by Crippen LogP contribution is -2.49. The van der Waals surface area contributed by atoms with Crippen LogP contribution in [0.3, 0.4) is 0 Å². The average molecular weight is 281 g/mol. The smallest absolute Gasteiger partial charge is 0.248 e. The van der Waals surface area contributed by atoms with E-state index in [1.54, 1.807) is 4.90 Å². The molecule has 0 spiro atoms. The summed E-state index contributed by atoms with van der Waals surface area (Å²) in [7, 11) is 2.00. The van der Waals surface area contributed by atoms with Crippen molar-refractivity contribution < 1.29 is 9.90 Å². The Balaban J connectivity index is 1.91. The summed E-state index contributed by atoms with van der Waals surface area (Å²) in [6, 6.07) is 0. The van der Waals surface area contributed by atoms with Crippen molar-refractivity contribution in [2.45, 2.75) is 26.3 Å². The quantitative estimate of drug-likeness (QED) is 0.811. The first-order valence-corrected chi connectivity index (χ1v) is 7.02. The van der Waals surface area contributed by atoms with Gasteiger partial charge in [-0.05, 0) is 0 Å². The summed E-state index contributed by atoms with van der Waals surface area (Å²) in [5.41, 5.74) is 0. The van der Waals surface area contributed by atoms with E-state index in [9.17, 15) is 4.79 Å². The van der Waals surface area contributed by atoms with Crippen molar-refractivity contribution in [3.63, 3.8) is 0 Å². The number of hydrogen-bond donors (Lipinski definition) is 1. The summed E-state index contributed by atoms with van der Waals surface area (Å²) in [6.45, 7) is 7.48. The van der Waals surface area contributed by atoms with E-state index in [2.05, 4.69) is 33.5 Å². The fourth-order valence-corrected chi connectivity index (χ4v) is 2.47. The molecule has 7 nitrogen and oxygen atoms in total. The van der Waals surface area contributed by atoms with Crippen LogP contribution in [-0.2, 0) is 18.4 Å². The monoisotopic (exact) mass is 281 g/mol. The van der Waals surface area contributed by atoms with Gasteiger partial charge in [0.1, 0.15) is 18.3 Å². The number of aliphatic hydroxyl groups is 1. The van der Waals surface area contributed by atoms with Gasteiger partial charge in [-0.2, -0.15) is 0 Å². The average Bonchev–Trinajstić information content (AvgIpc) is 2.80. The Labute approximate surface area is 119 Å². The lowest BCUT2D eigenvalue weighted by Gasteiger charge is -2.34. The van der Waals surface area contributed by atoms with E-state index in [1.807, 2.05) is 7.05 Å². The second-order valence-corrected chi connectivity index (χ2v) is 5.50. The van der Waals surface area contributed by atoms with Gasteiger partial charge in [-0.3, -0.25) is 9.69 Å². The Morgan fingerprint density at radius 2 is 1.90 bits per heavy atom. The van der Waals surface area contributed by atoms with Gasteiger partial charge in [-0.1, -0.05) is 13.8 Å². The fraction of sp³-hybridized carbons (Fsp3) is 0.769. The van der Waals surface area contributed by atoms with Gasteiger partial charge < -0.3 is 14.6 Å². The third kappa shape index (κ3) is 3.16.